The summed E-state index contributed by atoms with van der Waals surface area (Å²) in [6, 6.07) is 7.50. The molecule has 0 aliphatic rings. The highest BCUT2D eigenvalue weighted by molar-refractivity contribution is 7.09. The summed E-state index contributed by atoms with van der Waals surface area (Å²) in [7, 11) is 1.61. The monoisotopic (exact) mass is 441 g/mol. The fourth-order valence-electron chi connectivity index (χ4n) is 2.46. The van der Waals surface area contributed by atoms with Crippen LogP contribution in [0.5, 0.6) is 0 Å². The summed E-state index contributed by atoms with van der Waals surface area (Å²) in [6.07, 6.45) is -3.28. The number of hydrogen-bond donors (Lipinski definition) is 3. The van der Waals surface area contributed by atoms with E-state index in [1.165, 1.54) is 0 Å². The second-order valence-corrected chi connectivity index (χ2v) is 7.67. The summed E-state index contributed by atoms with van der Waals surface area (Å²) in [4.78, 5) is 19.8. The fourth-order valence-corrected chi connectivity index (χ4v) is 3.27. The zero-order valence-electron chi connectivity index (χ0n) is 17.1. The molecule has 1 heterocycles. The van der Waals surface area contributed by atoms with Crippen LogP contribution in [0.25, 0.3) is 0 Å². The summed E-state index contributed by atoms with van der Waals surface area (Å²) in [5, 5.41) is 10.5. The molecule has 2 aromatic rings. The Morgan fingerprint density at radius 1 is 1.30 bits per heavy atom. The van der Waals surface area contributed by atoms with E-state index in [-0.39, 0.29) is 11.8 Å². The number of nitrogens with zero attached hydrogens (tertiary/aromatic N) is 2. The summed E-state index contributed by atoms with van der Waals surface area (Å²) >= 11 is 0.990. The van der Waals surface area contributed by atoms with Crippen molar-refractivity contribution in [2.24, 2.45) is 10.9 Å². The minimum absolute atomic E-state index is 0.0176. The van der Waals surface area contributed by atoms with Crippen molar-refractivity contribution >= 4 is 28.9 Å². The predicted octanol–water partition coefficient (Wildman–Crippen LogP) is 4.05. The number of guanidine groups is 1. The van der Waals surface area contributed by atoms with Crippen molar-refractivity contribution in [2.75, 3.05) is 18.9 Å². The third-order valence-corrected chi connectivity index (χ3v) is 5.32. The van der Waals surface area contributed by atoms with Crippen molar-refractivity contribution in [1.29, 1.82) is 0 Å². The second kappa shape index (κ2) is 11.0. The number of nitrogens with one attached hydrogen (secondary N) is 3. The van der Waals surface area contributed by atoms with Gasteiger partial charge in [-0.1, -0.05) is 26.0 Å². The molecule has 1 amide bonds. The largest absolute Gasteiger partial charge is 0.434 e. The Bertz CT molecular complexity index is 866. The van der Waals surface area contributed by atoms with Crippen LogP contribution in [0.2, 0.25) is 0 Å². The van der Waals surface area contributed by atoms with Crippen LogP contribution in [-0.4, -0.2) is 30.4 Å². The molecule has 10 heteroatoms. The van der Waals surface area contributed by atoms with Gasteiger partial charge in [0, 0.05) is 43.5 Å². The van der Waals surface area contributed by atoms with E-state index in [1.807, 2.05) is 38.1 Å². The average molecular weight is 442 g/mol. The van der Waals surface area contributed by atoms with E-state index in [1.54, 1.807) is 7.05 Å². The van der Waals surface area contributed by atoms with E-state index in [2.05, 4.69) is 25.9 Å². The first kappa shape index (κ1) is 23.7. The summed E-state index contributed by atoms with van der Waals surface area (Å²) in [5.41, 5.74) is 0.826. The molecule has 3 N–H and O–H groups in total. The number of benzene rings is 1. The van der Waals surface area contributed by atoms with Crippen molar-refractivity contribution in [3.63, 3.8) is 0 Å². The zero-order chi connectivity index (χ0) is 22.1. The molecule has 0 bridgehead atoms. The van der Waals surface area contributed by atoms with Gasteiger partial charge in [-0.2, -0.15) is 13.2 Å². The average Bonchev–Trinajstić information content (AvgIpc) is 3.19. The number of hydrogen-bond acceptors (Lipinski definition) is 4. The van der Waals surface area contributed by atoms with Crippen LogP contribution in [-0.2, 0) is 23.9 Å². The van der Waals surface area contributed by atoms with Crippen molar-refractivity contribution in [1.82, 2.24) is 15.6 Å². The first-order chi connectivity index (χ1) is 14.2. The third kappa shape index (κ3) is 7.33. The molecular formula is C20H26F3N5OS. The molecule has 0 aliphatic heterocycles. The Balaban J connectivity index is 1.82. The first-order valence-electron chi connectivity index (χ1n) is 9.58. The number of aliphatic imine (C=N–C) groups is 1. The number of aromatic nitrogens is 1. The number of halogens is 3. The maximum Gasteiger partial charge on any atom is 0.434 e. The highest BCUT2D eigenvalue weighted by Gasteiger charge is 2.33. The standard InChI is InChI=1S/C20H26F3N5OS/c1-4-13(2)18(29)27-15-7-5-6-14(10-15)11-26-19(24-3)25-9-8-17-28-16(12-30-17)20(21,22)23/h5-7,10,12-13H,4,8-9,11H2,1-3H3,(H,27,29)(H2,24,25,26). The Labute approximate surface area is 178 Å². The second-order valence-electron chi connectivity index (χ2n) is 6.73. The lowest BCUT2D eigenvalue weighted by atomic mass is 10.1. The maximum atomic E-state index is 12.6. The van der Waals surface area contributed by atoms with Gasteiger partial charge in [0.1, 0.15) is 0 Å². The van der Waals surface area contributed by atoms with Gasteiger partial charge in [-0.3, -0.25) is 9.79 Å². The molecule has 6 nitrogen and oxygen atoms in total. The van der Waals surface area contributed by atoms with E-state index in [9.17, 15) is 18.0 Å². The van der Waals surface area contributed by atoms with Crippen molar-refractivity contribution < 1.29 is 18.0 Å². The van der Waals surface area contributed by atoms with Crippen molar-refractivity contribution in [3.05, 3.63) is 45.9 Å². The van der Waals surface area contributed by atoms with Crippen LogP contribution >= 0.6 is 11.3 Å². The quantitative estimate of drug-likeness (QED) is 0.427. The SMILES string of the molecule is CCC(C)C(=O)Nc1cccc(CNC(=NC)NCCc2nc(C(F)(F)F)cs2)c1. The van der Waals surface area contributed by atoms with Crippen LogP contribution in [0.4, 0.5) is 18.9 Å². The summed E-state index contributed by atoms with van der Waals surface area (Å²) < 4.78 is 37.8. The van der Waals surface area contributed by atoms with Crippen molar-refractivity contribution in [2.45, 2.75) is 39.4 Å². The van der Waals surface area contributed by atoms with Gasteiger partial charge in [-0.15, -0.1) is 11.3 Å². The van der Waals surface area contributed by atoms with Crippen LogP contribution in [0.1, 0.15) is 36.5 Å². The number of carbonyl (C=O) groups is 1. The molecule has 1 atom stereocenters. The summed E-state index contributed by atoms with van der Waals surface area (Å²) in [5.74, 6) is 0.451. The Morgan fingerprint density at radius 3 is 2.70 bits per heavy atom. The molecule has 0 radical (unpaired) electrons. The van der Waals surface area contributed by atoms with E-state index < -0.39 is 11.9 Å². The zero-order valence-corrected chi connectivity index (χ0v) is 18.0. The van der Waals surface area contributed by atoms with Gasteiger partial charge in [-0.05, 0) is 24.1 Å². The van der Waals surface area contributed by atoms with E-state index >= 15 is 0 Å². The third-order valence-electron chi connectivity index (χ3n) is 4.41. The fraction of sp³-hybridized carbons (Fsp3) is 0.450. The normalized spacial score (nSPS) is 13.1. The molecule has 0 saturated heterocycles. The molecule has 0 spiro atoms. The molecule has 2 rings (SSSR count). The van der Waals surface area contributed by atoms with Gasteiger partial charge < -0.3 is 16.0 Å². The molecule has 164 valence electrons. The number of carbonyl (C=O) groups excluding carboxylic acids is 1. The van der Waals surface area contributed by atoms with E-state index in [4.69, 9.17) is 0 Å². The molecule has 0 aliphatic carbocycles. The lowest BCUT2D eigenvalue weighted by Crippen LogP contribution is -2.37. The number of thiazole rings is 1. The van der Waals surface area contributed by atoms with Gasteiger partial charge in [0.15, 0.2) is 11.7 Å². The highest BCUT2D eigenvalue weighted by Crippen LogP contribution is 2.30. The minimum Gasteiger partial charge on any atom is -0.356 e. The minimum atomic E-state index is -4.41. The van der Waals surface area contributed by atoms with E-state index in [0.29, 0.717) is 30.5 Å². The van der Waals surface area contributed by atoms with Gasteiger partial charge in [-0.25, -0.2) is 4.98 Å². The molecule has 1 aromatic heterocycles. The topological polar surface area (TPSA) is 78.4 Å². The highest BCUT2D eigenvalue weighted by atomic mass is 32.1. The number of alkyl halides is 3. The smallest absolute Gasteiger partial charge is 0.356 e. The predicted molar refractivity (Wildman–Crippen MR) is 114 cm³/mol. The van der Waals surface area contributed by atoms with Gasteiger partial charge >= 0.3 is 6.18 Å². The first-order valence-corrected chi connectivity index (χ1v) is 10.5. The Kier molecular flexibility index (Phi) is 8.64. The lowest BCUT2D eigenvalue weighted by Gasteiger charge is -2.13. The van der Waals surface area contributed by atoms with Gasteiger partial charge in [0.2, 0.25) is 5.91 Å². The number of anilines is 1. The maximum absolute atomic E-state index is 12.6. The van der Waals surface area contributed by atoms with Crippen LogP contribution in [0.15, 0.2) is 34.6 Å². The Hall–Kier alpha value is -2.62. The molecule has 1 aromatic carbocycles. The number of amides is 1. The molecule has 0 fully saturated rings. The van der Waals surface area contributed by atoms with Crippen LogP contribution in [0, 0.1) is 5.92 Å². The molecule has 0 saturated carbocycles. The number of rotatable bonds is 8. The molecule has 1 unspecified atom stereocenters. The van der Waals surface area contributed by atoms with E-state index in [0.717, 1.165) is 34.4 Å². The summed E-state index contributed by atoms with van der Waals surface area (Å²) in [6.45, 7) is 4.72. The van der Waals surface area contributed by atoms with Crippen LogP contribution in [0.3, 0.4) is 0 Å². The lowest BCUT2D eigenvalue weighted by molar-refractivity contribution is -0.140. The Morgan fingerprint density at radius 2 is 2.07 bits per heavy atom. The van der Waals surface area contributed by atoms with Gasteiger partial charge in [0.25, 0.3) is 0 Å². The molecular weight excluding hydrogens is 415 g/mol. The van der Waals surface area contributed by atoms with Crippen molar-refractivity contribution in [3.8, 4) is 0 Å². The van der Waals surface area contributed by atoms with Crippen LogP contribution < -0.4 is 16.0 Å². The molecule has 30 heavy (non-hydrogen) atoms. The van der Waals surface area contributed by atoms with Gasteiger partial charge in [0.05, 0.1) is 5.01 Å².